The molecule has 0 saturated heterocycles. The van der Waals surface area contributed by atoms with Crippen LogP contribution in [0.15, 0.2) is 236 Å². The van der Waals surface area contributed by atoms with E-state index < -0.39 is 0 Å². The summed E-state index contributed by atoms with van der Waals surface area (Å²) in [4.78, 5) is 0. The summed E-state index contributed by atoms with van der Waals surface area (Å²) in [5.74, 6) is 0.573. The van der Waals surface area contributed by atoms with Crippen LogP contribution in [-0.2, 0) is 6.42 Å². The first kappa shape index (κ1) is 41.2. The monoisotopic (exact) mass is 846 g/mol. The van der Waals surface area contributed by atoms with Crippen molar-refractivity contribution in [3.63, 3.8) is 0 Å². The van der Waals surface area contributed by atoms with E-state index in [1.807, 2.05) is 0 Å². The predicted octanol–water partition coefficient (Wildman–Crippen LogP) is 17.8. The van der Waals surface area contributed by atoms with Crippen LogP contribution in [0, 0.1) is 11.8 Å². The zero-order chi connectivity index (χ0) is 44.1. The highest BCUT2D eigenvalue weighted by molar-refractivity contribution is 6.10. The Bertz CT molecular complexity index is 3210. The van der Waals surface area contributed by atoms with Crippen molar-refractivity contribution in [1.29, 1.82) is 0 Å². The maximum atomic E-state index is 2.57. The molecular formula is C66H54. The minimum atomic E-state index is 0.250. The van der Waals surface area contributed by atoms with Gasteiger partial charge in [0.25, 0.3) is 0 Å². The molecule has 0 heteroatoms. The average molecular weight is 847 g/mol. The minimum absolute atomic E-state index is 0.250. The van der Waals surface area contributed by atoms with Gasteiger partial charge in [0.2, 0.25) is 0 Å². The Balaban J connectivity index is 1.12. The van der Waals surface area contributed by atoms with Crippen LogP contribution >= 0.6 is 0 Å². The van der Waals surface area contributed by atoms with Gasteiger partial charge < -0.3 is 0 Å². The smallest absolute Gasteiger partial charge is 0.00618 e. The number of hydrogen-bond acceptors (Lipinski definition) is 0. The summed E-state index contributed by atoms with van der Waals surface area (Å²) in [5.41, 5.74) is 20.8. The van der Waals surface area contributed by atoms with Crippen molar-refractivity contribution in [2.24, 2.45) is 11.8 Å². The Morgan fingerprint density at radius 1 is 0.515 bits per heavy atom. The molecule has 2 unspecified atom stereocenters. The Hall–Kier alpha value is -7.54. The van der Waals surface area contributed by atoms with Crippen molar-refractivity contribution in [2.75, 3.05) is 0 Å². The van der Waals surface area contributed by atoms with Crippen LogP contribution in [0.5, 0.6) is 0 Å². The van der Waals surface area contributed by atoms with Gasteiger partial charge in [0.05, 0.1) is 0 Å². The fourth-order valence-electron chi connectivity index (χ4n) is 10.7. The van der Waals surface area contributed by atoms with E-state index in [9.17, 15) is 0 Å². The van der Waals surface area contributed by atoms with E-state index in [-0.39, 0.29) is 5.92 Å². The highest BCUT2D eigenvalue weighted by Crippen LogP contribution is 2.47. The maximum Gasteiger partial charge on any atom is 0.00618 e. The molecule has 0 nitrogen and oxygen atoms in total. The molecule has 318 valence electrons. The summed E-state index contributed by atoms with van der Waals surface area (Å²) in [5, 5.41) is 2.60. The molecule has 11 rings (SSSR count). The van der Waals surface area contributed by atoms with Gasteiger partial charge in [0.1, 0.15) is 0 Å². The van der Waals surface area contributed by atoms with Gasteiger partial charge in [-0.25, -0.2) is 0 Å². The van der Waals surface area contributed by atoms with Crippen molar-refractivity contribution in [3.05, 3.63) is 270 Å². The summed E-state index contributed by atoms with van der Waals surface area (Å²) in [6, 6.07) is 58.3. The van der Waals surface area contributed by atoms with Gasteiger partial charge in [-0.1, -0.05) is 231 Å². The quantitative estimate of drug-likeness (QED) is 0.120. The molecule has 0 bridgehead atoms. The molecule has 7 aromatic rings. The first-order valence-corrected chi connectivity index (χ1v) is 23.9. The largest absolute Gasteiger partial charge is 0.0836 e. The minimum Gasteiger partial charge on any atom is -0.0836 e. The first-order valence-electron chi connectivity index (χ1n) is 23.9. The molecule has 2 atom stereocenters. The normalized spacial score (nSPS) is 18.0. The molecule has 4 aliphatic rings. The van der Waals surface area contributed by atoms with Gasteiger partial charge in [-0.15, -0.1) is 0 Å². The Morgan fingerprint density at radius 3 is 2.03 bits per heavy atom. The molecule has 0 radical (unpaired) electrons. The van der Waals surface area contributed by atoms with Gasteiger partial charge in [-0.3, -0.25) is 0 Å². The van der Waals surface area contributed by atoms with Gasteiger partial charge in [-0.2, -0.15) is 0 Å². The predicted molar refractivity (Wildman–Crippen MR) is 284 cm³/mol. The van der Waals surface area contributed by atoms with Gasteiger partial charge >= 0.3 is 0 Å². The van der Waals surface area contributed by atoms with E-state index in [2.05, 4.69) is 243 Å². The molecular weight excluding hydrogens is 793 g/mol. The lowest BCUT2D eigenvalue weighted by atomic mass is 9.77. The van der Waals surface area contributed by atoms with Gasteiger partial charge in [-0.05, 0) is 156 Å². The SMILES string of the molecule is C1=CCC(/C(=C\c2cccc(-c3c4c(c(C5=CC(/C=C(\C6=CCCC=C6)c6ccccc6)CC=C5)c5cc(-c6ccccc6-c6ccccc6)ccc35)CCC=C4)c2)c2ccccc2)C=C1. The van der Waals surface area contributed by atoms with Crippen molar-refractivity contribution in [1.82, 2.24) is 0 Å². The molecule has 0 amide bonds. The number of benzene rings is 7. The van der Waals surface area contributed by atoms with Crippen LogP contribution in [0.25, 0.3) is 73.0 Å². The number of hydrogen-bond donors (Lipinski definition) is 0. The summed E-state index contributed by atoms with van der Waals surface area (Å²) in [6.45, 7) is 0. The molecule has 7 aromatic carbocycles. The van der Waals surface area contributed by atoms with Crippen molar-refractivity contribution in [2.45, 2.75) is 38.5 Å². The third kappa shape index (κ3) is 8.44. The van der Waals surface area contributed by atoms with Crippen LogP contribution < -0.4 is 0 Å². The molecule has 0 aliphatic heterocycles. The molecule has 0 spiro atoms. The second kappa shape index (κ2) is 18.9. The third-order valence-corrected chi connectivity index (χ3v) is 13.8. The molecule has 0 aromatic heterocycles. The first-order chi connectivity index (χ1) is 32.7. The Kier molecular flexibility index (Phi) is 11.8. The molecule has 0 heterocycles. The molecule has 0 fully saturated rings. The highest BCUT2D eigenvalue weighted by Gasteiger charge is 2.25. The molecule has 0 N–H and O–H groups in total. The fraction of sp³-hybridized carbons (Fsp3) is 0.121. The van der Waals surface area contributed by atoms with Crippen LogP contribution in [0.4, 0.5) is 0 Å². The lowest BCUT2D eigenvalue weighted by molar-refractivity contribution is 0.826. The van der Waals surface area contributed by atoms with Crippen LogP contribution in [0.2, 0.25) is 0 Å². The zero-order valence-corrected chi connectivity index (χ0v) is 37.5. The van der Waals surface area contributed by atoms with Gasteiger partial charge in [0, 0.05) is 5.92 Å². The van der Waals surface area contributed by atoms with Crippen LogP contribution in [-0.4, -0.2) is 0 Å². The second-order valence-electron chi connectivity index (χ2n) is 18.0. The van der Waals surface area contributed by atoms with E-state index >= 15 is 0 Å². The van der Waals surface area contributed by atoms with Gasteiger partial charge in [0.15, 0.2) is 0 Å². The second-order valence-corrected chi connectivity index (χ2v) is 18.0. The van der Waals surface area contributed by atoms with E-state index in [4.69, 9.17) is 0 Å². The fourth-order valence-corrected chi connectivity index (χ4v) is 10.7. The average Bonchev–Trinajstić information content (AvgIpc) is 3.40. The Morgan fingerprint density at radius 2 is 1.26 bits per heavy atom. The summed E-state index contributed by atoms with van der Waals surface area (Å²) in [7, 11) is 0. The number of fused-ring (bicyclic) bond motifs is 2. The summed E-state index contributed by atoms with van der Waals surface area (Å²) in [6.07, 6.45) is 39.4. The van der Waals surface area contributed by atoms with Crippen molar-refractivity contribution >= 4 is 39.6 Å². The topological polar surface area (TPSA) is 0 Å². The number of allylic oxidation sites excluding steroid dienone is 16. The van der Waals surface area contributed by atoms with Crippen molar-refractivity contribution < 1.29 is 0 Å². The standard InChI is InChI=1S/C66H54/c1-6-24-49(25-7-1)57-36-16-17-37-58(57)54-40-41-61-64(46-54)66(56-35-21-23-48(43-56)45-63(52-30-12-4-13-31-52)53-32-14-5-15-33-53)60-39-19-18-38-59(60)65(61)55-34-20-22-47(42-55)44-62(50-26-8-2-9-27-50)51-28-10-3-11-29-51/h1-4,6-14,16-18,20-22,24-28,30-38,40-46,48,51H,5,15,19,23,29,39H2/b62-44-,63-45-. The molecule has 4 aliphatic carbocycles. The number of rotatable bonds is 10. The van der Waals surface area contributed by atoms with Crippen LogP contribution in [0.3, 0.4) is 0 Å². The maximum absolute atomic E-state index is 2.57. The summed E-state index contributed by atoms with van der Waals surface area (Å²) >= 11 is 0. The lowest BCUT2D eigenvalue weighted by Crippen LogP contribution is -2.07. The van der Waals surface area contributed by atoms with Crippen molar-refractivity contribution in [3.8, 4) is 33.4 Å². The van der Waals surface area contributed by atoms with E-state index in [0.717, 1.165) is 38.5 Å². The molecule has 66 heavy (non-hydrogen) atoms. The third-order valence-electron chi connectivity index (χ3n) is 13.8. The Labute approximate surface area is 391 Å². The van der Waals surface area contributed by atoms with Crippen LogP contribution in [0.1, 0.15) is 65.5 Å². The summed E-state index contributed by atoms with van der Waals surface area (Å²) < 4.78 is 0. The van der Waals surface area contributed by atoms with E-state index in [0.29, 0.717) is 5.92 Å². The molecule has 0 saturated carbocycles. The zero-order valence-electron chi connectivity index (χ0n) is 37.5. The van der Waals surface area contributed by atoms with E-state index in [1.165, 1.54) is 99.8 Å². The lowest BCUT2D eigenvalue weighted by Gasteiger charge is -2.26. The van der Waals surface area contributed by atoms with E-state index in [1.54, 1.807) is 0 Å². The highest BCUT2D eigenvalue weighted by atomic mass is 14.3.